The molecule has 5 nitrogen and oxygen atoms in total. The van der Waals surface area contributed by atoms with Crippen molar-refractivity contribution in [2.45, 2.75) is 26.2 Å². The minimum Gasteiger partial charge on any atom is -0.453 e. The van der Waals surface area contributed by atoms with Crippen molar-refractivity contribution in [2.24, 2.45) is 0 Å². The van der Waals surface area contributed by atoms with E-state index in [0.29, 0.717) is 25.7 Å². The maximum absolute atomic E-state index is 8.70. The molecule has 0 saturated heterocycles. The first-order chi connectivity index (χ1) is 7.83. The van der Waals surface area contributed by atoms with Gasteiger partial charge >= 0.3 is 0 Å². The third kappa shape index (κ3) is 9.89. The third-order valence-electron chi connectivity index (χ3n) is 1.84. The minimum absolute atomic E-state index is 0.0227. The van der Waals surface area contributed by atoms with Crippen LogP contribution in [-0.4, -0.2) is 65.7 Å². The van der Waals surface area contributed by atoms with Crippen LogP contribution in [-0.2, 0) is 13.6 Å². The molecule has 0 radical (unpaired) electrons. The molecule has 0 aromatic rings. The third-order valence-corrected chi connectivity index (χ3v) is 7.89. The number of ether oxygens (including phenoxy) is 2. The summed E-state index contributed by atoms with van der Waals surface area (Å²) in [6.07, 6.45) is 1.03. The molecule has 0 aliphatic rings. The van der Waals surface area contributed by atoms with E-state index in [1.165, 1.54) is 0 Å². The molecule has 0 saturated carbocycles. The van der Waals surface area contributed by atoms with Crippen molar-refractivity contribution in [1.82, 2.24) is 0 Å². The lowest BCUT2D eigenvalue weighted by Gasteiger charge is -2.34. The molecule has 104 valence electrons. The number of hydrogen-bond acceptors (Lipinski definition) is 5. The van der Waals surface area contributed by atoms with Gasteiger partial charge in [0.05, 0.1) is 38.9 Å². The second-order valence-corrected chi connectivity index (χ2v) is 13.7. The van der Waals surface area contributed by atoms with E-state index in [-0.39, 0.29) is 13.2 Å². The van der Waals surface area contributed by atoms with Crippen LogP contribution in [0.4, 0.5) is 0 Å². The average molecular weight is 282 g/mol. The van der Waals surface area contributed by atoms with Crippen molar-refractivity contribution in [1.29, 1.82) is 0 Å². The molecule has 0 aromatic heterocycles. The quantitative estimate of drug-likeness (QED) is 0.451. The molecular formula is C10H26O5Si2. The fourth-order valence-corrected chi connectivity index (χ4v) is 9.17. The van der Waals surface area contributed by atoms with E-state index >= 15 is 0 Å². The van der Waals surface area contributed by atoms with Gasteiger partial charge in [0.15, 0.2) is 8.32 Å². The molecule has 0 aliphatic heterocycles. The molecule has 0 amide bonds. The zero-order valence-corrected chi connectivity index (χ0v) is 13.4. The Balaban J connectivity index is 4.24. The van der Waals surface area contributed by atoms with Crippen LogP contribution in [0.1, 0.15) is 0 Å². The minimum atomic E-state index is -2.06. The maximum Gasteiger partial charge on any atom is 0.228 e. The molecule has 0 rings (SSSR count). The van der Waals surface area contributed by atoms with Crippen LogP contribution in [0.2, 0.25) is 26.2 Å². The van der Waals surface area contributed by atoms with Crippen LogP contribution in [0.15, 0.2) is 0 Å². The Morgan fingerprint density at radius 1 is 0.824 bits per heavy atom. The van der Waals surface area contributed by atoms with Crippen molar-refractivity contribution in [3.63, 3.8) is 0 Å². The number of hydrogen-bond donors (Lipinski definition) is 2. The van der Waals surface area contributed by atoms with Gasteiger partial charge in [-0.25, -0.2) is 0 Å². The van der Waals surface area contributed by atoms with Crippen molar-refractivity contribution in [3.05, 3.63) is 0 Å². The summed E-state index contributed by atoms with van der Waals surface area (Å²) in [5.41, 5.74) is 0. The zero-order valence-electron chi connectivity index (χ0n) is 11.4. The molecule has 7 heteroatoms. The Bertz CT molecular complexity index is 186. The molecule has 0 aromatic carbocycles. The average Bonchev–Trinajstić information content (AvgIpc) is 2.15. The number of aliphatic hydroxyl groups is 2. The summed E-state index contributed by atoms with van der Waals surface area (Å²) in [6, 6.07) is 0. The largest absolute Gasteiger partial charge is 0.453 e. The van der Waals surface area contributed by atoms with Gasteiger partial charge in [0.1, 0.15) is 0 Å². The van der Waals surface area contributed by atoms with Crippen LogP contribution < -0.4 is 0 Å². The summed E-state index contributed by atoms with van der Waals surface area (Å²) < 4.78 is 17.0. The van der Waals surface area contributed by atoms with Crippen molar-refractivity contribution in [2.75, 3.05) is 38.9 Å². The summed E-state index contributed by atoms with van der Waals surface area (Å²) in [6.45, 7) is 9.18. The van der Waals surface area contributed by atoms with E-state index < -0.39 is 16.6 Å². The summed E-state index contributed by atoms with van der Waals surface area (Å²) in [4.78, 5) is 0. The van der Waals surface area contributed by atoms with Crippen LogP contribution >= 0.6 is 0 Å². The highest BCUT2D eigenvalue weighted by atomic mass is 28.4. The van der Waals surface area contributed by atoms with Crippen molar-refractivity contribution < 1.29 is 23.8 Å². The maximum atomic E-state index is 8.70. The standard InChI is InChI=1S/C10H26O5Si2/c1-16(2,3)15-17(4,9-13-7-5-11)10-14-8-6-12/h11-12H,5-10H2,1-4H3. The van der Waals surface area contributed by atoms with E-state index in [1.54, 1.807) is 0 Å². The summed E-state index contributed by atoms with van der Waals surface area (Å²) in [5.74, 6) is 0. The van der Waals surface area contributed by atoms with Gasteiger partial charge in [0.2, 0.25) is 8.32 Å². The second kappa shape index (κ2) is 8.36. The van der Waals surface area contributed by atoms with Crippen LogP contribution in [0.5, 0.6) is 0 Å². The van der Waals surface area contributed by atoms with E-state index in [4.69, 9.17) is 23.8 Å². The SMILES string of the molecule is C[Si](C)(C)O[Si](C)(COCCO)COCCO. The highest BCUT2D eigenvalue weighted by Gasteiger charge is 2.35. The molecule has 0 heterocycles. The normalized spacial score (nSPS) is 13.1. The van der Waals surface area contributed by atoms with Gasteiger partial charge in [-0.1, -0.05) is 0 Å². The molecule has 0 atom stereocenters. The molecule has 2 N–H and O–H groups in total. The Morgan fingerprint density at radius 2 is 1.24 bits per heavy atom. The Hall–Kier alpha value is 0.234. The monoisotopic (exact) mass is 282 g/mol. The lowest BCUT2D eigenvalue weighted by molar-refractivity contribution is 0.0927. The Morgan fingerprint density at radius 3 is 1.53 bits per heavy atom. The number of aliphatic hydroxyl groups excluding tert-OH is 2. The predicted octanol–water partition coefficient (Wildman–Crippen LogP) is 0.509. The molecule has 0 aliphatic carbocycles. The Kier molecular flexibility index (Phi) is 8.47. The molecule has 0 fully saturated rings. The lowest BCUT2D eigenvalue weighted by Crippen LogP contribution is -2.52. The first-order valence-corrected chi connectivity index (χ1v) is 12.1. The number of rotatable bonds is 10. The van der Waals surface area contributed by atoms with E-state index in [2.05, 4.69) is 26.2 Å². The molecular weight excluding hydrogens is 256 g/mol. The highest BCUT2D eigenvalue weighted by Crippen LogP contribution is 2.15. The molecule has 0 bridgehead atoms. The summed E-state index contributed by atoms with van der Waals surface area (Å²) in [5, 5.41) is 17.4. The van der Waals surface area contributed by atoms with Gasteiger partial charge in [-0.2, -0.15) is 0 Å². The molecule has 0 spiro atoms. The van der Waals surface area contributed by atoms with Crippen molar-refractivity contribution >= 4 is 16.6 Å². The first-order valence-electron chi connectivity index (χ1n) is 5.90. The highest BCUT2D eigenvalue weighted by molar-refractivity contribution is 6.84. The predicted molar refractivity (Wildman–Crippen MR) is 71.9 cm³/mol. The smallest absolute Gasteiger partial charge is 0.228 e. The first kappa shape index (κ1) is 17.2. The van der Waals surface area contributed by atoms with E-state index in [0.717, 1.165) is 0 Å². The molecule has 17 heavy (non-hydrogen) atoms. The van der Waals surface area contributed by atoms with Crippen LogP contribution in [0, 0.1) is 0 Å². The van der Waals surface area contributed by atoms with Gasteiger partial charge in [-0.15, -0.1) is 0 Å². The van der Waals surface area contributed by atoms with Crippen LogP contribution in [0.3, 0.4) is 0 Å². The van der Waals surface area contributed by atoms with Gasteiger partial charge in [0, 0.05) is 0 Å². The van der Waals surface area contributed by atoms with Gasteiger partial charge < -0.3 is 23.8 Å². The second-order valence-electron chi connectivity index (χ2n) is 5.22. The van der Waals surface area contributed by atoms with Gasteiger partial charge in [-0.05, 0) is 26.2 Å². The fraction of sp³-hybridized carbons (Fsp3) is 1.00. The summed E-state index contributed by atoms with van der Waals surface area (Å²) >= 11 is 0. The van der Waals surface area contributed by atoms with E-state index in [1.807, 2.05) is 0 Å². The fourth-order valence-electron chi connectivity index (χ4n) is 1.55. The topological polar surface area (TPSA) is 68.2 Å². The Labute approximate surface area is 106 Å². The molecule has 0 unspecified atom stereocenters. The van der Waals surface area contributed by atoms with Crippen molar-refractivity contribution in [3.8, 4) is 0 Å². The zero-order chi connectivity index (χ0) is 13.4. The van der Waals surface area contributed by atoms with E-state index in [9.17, 15) is 0 Å². The van der Waals surface area contributed by atoms with Gasteiger partial charge in [0.25, 0.3) is 0 Å². The lowest BCUT2D eigenvalue weighted by atomic mass is 10.8. The van der Waals surface area contributed by atoms with Crippen LogP contribution in [0.25, 0.3) is 0 Å². The summed E-state index contributed by atoms with van der Waals surface area (Å²) in [7, 11) is -3.70. The van der Waals surface area contributed by atoms with Gasteiger partial charge in [-0.3, -0.25) is 0 Å².